The van der Waals surface area contributed by atoms with Gasteiger partial charge in [-0.25, -0.2) is 13.8 Å². The molecule has 0 aliphatic rings. The zero-order valence-electron chi connectivity index (χ0n) is 15.0. The lowest BCUT2D eigenvalue weighted by Gasteiger charge is -2.08. The lowest BCUT2D eigenvalue weighted by Crippen LogP contribution is -2.25. The molecule has 3 aromatic rings. The molecule has 0 aliphatic carbocycles. The van der Waals surface area contributed by atoms with Crippen molar-refractivity contribution < 1.29 is 18.4 Å². The molecule has 1 aromatic heterocycles. The zero-order chi connectivity index (χ0) is 20.1. The summed E-state index contributed by atoms with van der Waals surface area (Å²) in [6, 6.07) is 14.9. The Morgan fingerprint density at radius 1 is 0.929 bits per heavy atom. The van der Waals surface area contributed by atoms with Crippen molar-refractivity contribution in [1.82, 2.24) is 10.3 Å². The molecule has 0 saturated carbocycles. The average molecular weight is 381 g/mol. The number of rotatable bonds is 5. The Morgan fingerprint density at radius 3 is 2.36 bits per heavy atom. The van der Waals surface area contributed by atoms with Gasteiger partial charge in [-0.15, -0.1) is 0 Å². The van der Waals surface area contributed by atoms with Gasteiger partial charge in [0, 0.05) is 12.6 Å². The minimum Gasteiger partial charge on any atom is -0.347 e. The highest BCUT2D eigenvalue weighted by molar-refractivity contribution is 6.03. The van der Waals surface area contributed by atoms with Gasteiger partial charge in [0.25, 0.3) is 11.8 Å². The van der Waals surface area contributed by atoms with Crippen molar-refractivity contribution in [3.05, 3.63) is 94.8 Å². The van der Waals surface area contributed by atoms with Gasteiger partial charge in [0.15, 0.2) is 0 Å². The number of halogens is 2. The highest BCUT2D eigenvalue weighted by Gasteiger charge is 2.14. The molecule has 7 heteroatoms. The summed E-state index contributed by atoms with van der Waals surface area (Å²) in [5, 5.41) is 5.05. The van der Waals surface area contributed by atoms with Crippen LogP contribution in [0.25, 0.3) is 0 Å². The Labute approximate surface area is 160 Å². The molecule has 0 unspecified atom stereocenters. The predicted molar refractivity (Wildman–Crippen MR) is 101 cm³/mol. The maximum absolute atomic E-state index is 13.7. The van der Waals surface area contributed by atoms with Crippen LogP contribution in [0.1, 0.15) is 32.1 Å². The van der Waals surface area contributed by atoms with Gasteiger partial charge in [-0.1, -0.05) is 35.9 Å². The smallest absolute Gasteiger partial charge is 0.274 e. The molecule has 142 valence electrons. The van der Waals surface area contributed by atoms with E-state index in [0.717, 1.165) is 23.3 Å². The number of aromatic nitrogens is 1. The van der Waals surface area contributed by atoms with Gasteiger partial charge in [-0.05, 0) is 36.8 Å². The molecule has 2 aromatic carbocycles. The fraction of sp³-hybridized carbons (Fsp3) is 0.0952. The Bertz CT molecular complexity index is 1040. The second-order valence-electron chi connectivity index (χ2n) is 6.16. The first-order valence-electron chi connectivity index (χ1n) is 8.49. The summed E-state index contributed by atoms with van der Waals surface area (Å²) < 4.78 is 26.6. The molecule has 0 bridgehead atoms. The first-order valence-corrected chi connectivity index (χ1v) is 8.49. The number of benzene rings is 2. The van der Waals surface area contributed by atoms with E-state index in [0.29, 0.717) is 12.6 Å². The molecule has 0 fully saturated rings. The molecule has 3 rings (SSSR count). The molecular weight excluding hydrogens is 364 g/mol. The van der Waals surface area contributed by atoms with Crippen molar-refractivity contribution >= 4 is 17.5 Å². The van der Waals surface area contributed by atoms with Crippen LogP contribution in [0.4, 0.5) is 14.5 Å². The number of aryl methyl sites for hydroxylation is 1. The lowest BCUT2D eigenvalue weighted by atomic mass is 10.1. The summed E-state index contributed by atoms with van der Waals surface area (Å²) in [6.45, 7) is 2.28. The molecule has 0 radical (unpaired) electrons. The molecule has 5 nitrogen and oxygen atoms in total. The number of hydrogen-bond donors (Lipinski definition) is 2. The van der Waals surface area contributed by atoms with Crippen molar-refractivity contribution in [3.63, 3.8) is 0 Å². The van der Waals surface area contributed by atoms with E-state index in [1.165, 1.54) is 18.2 Å². The van der Waals surface area contributed by atoms with Crippen LogP contribution in [0.5, 0.6) is 0 Å². The Morgan fingerprint density at radius 2 is 1.64 bits per heavy atom. The molecule has 2 N–H and O–H groups in total. The van der Waals surface area contributed by atoms with Gasteiger partial charge in [0.05, 0.1) is 5.69 Å². The summed E-state index contributed by atoms with van der Waals surface area (Å²) in [4.78, 5) is 28.6. The van der Waals surface area contributed by atoms with Crippen molar-refractivity contribution in [3.8, 4) is 0 Å². The second kappa shape index (κ2) is 8.39. The Balaban J connectivity index is 1.68. The molecular formula is C21H17F2N3O2. The third-order valence-electron chi connectivity index (χ3n) is 3.93. The van der Waals surface area contributed by atoms with Gasteiger partial charge in [0.1, 0.15) is 23.0 Å². The fourth-order valence-electron chi connectivity index (χ4n) is 2.56. The average Bonchev–Trinajstić information content (AvgIpc) is 2.68. The molecule has 0 aliphatic heterocycles. The van der Waals surface area contributed by atoms with Crippen molar-refractivity contribution in [2.24, 2.45) is 0 Å². The van der Waals surface area contributed by atoms with Gasteiger partial charge in [0.2, 0.25) is 0 Å². The second-order valence-corrected chi connectivity index (χ2v) is 6.16. The van der Waals surface area contributed by atoms with E-state index in [1.54, 1.807) is 0 Å². The minimum atomic E-state index is -0.902. The standard InChI is InChI=1S/C21H17F2N3O2/c1-13-4-2-5-14(10-13)12-24-20(27)18-6-3-7-19(25-18)21(28)26-17-9-8-15(22)11-16(17)23/h2-11H,12H2,1H3,(H,24,27)(H,26,28). The lowest BCUT2D eigenvalue weighted by molar-refractivity contribution is 0.0945. The maximum atomic E-state index is 13.7. The Hall–Kier alpha value is -3.61. The van der Waals surface area contributed by atoms with Gasteiger partial charge in [-0.3, -0.25) is 9.59 Å². The minimum absolute atomic E-state index is 0.0554. The van der Waals surface area contributed by atoms with Gasteiger partial charge >= 0.3 is 0 Å². The van der Waals surface area contributed by atoms with E-state index in [-0.39, 0.29) is 17.1 Å². The third kappa shape index (κ3) is 4.76. The van der Waals surface area contributed by atoms with Crippen LogP contribution in [-0.2, 0) is 6.54 Å². The summed E-state index contributed by atoms with van der Waals surface area (Å²) in [6.07, 6.45) is 0. The molecule has 0 spiro atoms. The Kier molecular flexibility index (Phi) is 5.74. The van der Waals surface area contributed by atoms with Crippen molar-refractivity contribution in [2.45, 2.75) is 13.5 Å². The number of amides is 2. The van der Waals surface area contributed by atoms with Crippen LogP contribution >= 0.6 is 0 Å². The van der Waals surface area contributed by atoms with Crippen LogP contribution in [0.2, 0.25) is 0 Å². The number of carbonyl (C=O) groups excluding carboxylic acids is 2. The number of carbonyl (C=O) groups is 2. The molecule has 1 heterocycles. The molecule has 2 amide bonds. The van der Waals surface area contributed by atoms with Crippen LogP contribution in [0.15, 0.2) is 60.7 Å². The van der Waals surface area contributed by atoms with E-state index in [2.05, 4.69) is 15.6 Å². The highest BCUT2D eigenvalue weighted by Crippen LogP contribution is 2.16. The van der Waals surface area contributed by atoms with Gasteiger partial charge < -0.3 is 10.6 Å². The van der Waals surface area contributed by atoms with E-state index in [9.17, 15) is 18.4 Å². The first kappa shape index (κ1) is 19.2. The SMILES string of the molecule is Cc1cccc(CNC(=O)c2cccc(C(=O)Nc3ccc(F)cc3F)n2)c1. The summed E-state index contributed by atoms with van der Waals surface area (Å²) in [7, 11) is 0. The van der Waals surface area contributed by atoms with Crippen LogP contribution in [-0.4, -0.2) is 16.8 Å². The van der Waals surface area contributed by atoms with E-state index >= 15 is 0 Å². The number of nitrogens with zero attached hydrogens (tertiary/aromatic N) is 1. The normalized spacial score (nSPS) is 10.4. The summed E-state index contributed by atoms with van der Waals surface area (Å²) in [5.74, 6) is -2.80. The highest BCUT2D eigenvalue weighted by atomic mass is 19.1. The number of nitrogens with one attached hydrogen (secondary N) is 2. The summed E-state index contributed by atoms with van der Waals surface area (Å²) >= 11 is 0. The molecule has 0 atom stereocenters. The molecule has 0 saturated heterocycles. The topological polar surface area (TPSA) is 71.1 Å². The number of anilines is 1. The first-order chi connectivity index (χ1) is 13.4. The van der Waals surface area contributed by atoms with E-state index < -0.39 is 23.4 Å². The van der Waals surface area contributed by atoms with Crippen LogP contribution in [0, 0.1) is 18.6 Å². The van der Waals surface area contributed by atoms with E-state index in [1.807, 2.05) is 31.2 Å². The van der Waals surface area contributed by atoms with Crippen molar-refractivity contribution in [1.29, 1.82) is 0 Å². The van der Waals surface area contributed by atoms with Crippen molar-refractivity contribution in [2.75, 3.05) is 5.32 Å². The monoisotopic (exact) mass is 381 g/mol. The summed E-state index contributed by atoms with van der Waals surface area (Å²) in [5.41, 5.74) is 1.83. The fourth-order valence-corrected chi connectivity index (χ4v) is 2.56. The number of hydrogen-bond acceptors (Lipinski definition) is 3. The zero-order valence-corrected chi connectivity index (χ0v) is 15.0. The predicted octanol–water partition coefficient (Wildman–Crippen LogP) is 3.85. The molecule has 28 heavy (non-hydrogen) atoms. The quantitative estimate of drug-likeness (QED) is 0.705. The van der Waals surface area contributed by atoms with E-state index in [4.69, 9.17) is 0 Å². The van der Waals surface area contributed by atoms with Gasteiger partial charge in [-0.2, -0.15) is 0 Å². The number of pyridine rings is 1. The largest absolute Gasteiger partial charge is 0.347 e. The third-order valence-corrected chi connectivity index (χ3v) is 3.93. The van der Waals surface area contributed by atoms with Crippen LogP contribution < -0.4 is 10.6 Å². The van der Waals surface area contributed by atoms with Crippen LogP contribution in [0.3, 0.4) is 0 Å². The maximum Gasteiger partial charge on any atom is 0.274 e.